The van der Waals surface area contributed by atoms with Crippen LogP contribution in [-0.4, -0.2) is 17.1 Å². The number of hydrogen-bond donors (Lipinski definition) is 2. The maximum atomic E-state index is 11.9. The van der Waals surface area contributed by atoms with Crippen molar-refractivity contribution in [2.75, 3.05) is 0 Å². The van der Waals surface area contributed by atoms with Crippen LogP contribution in [0.3, 0.4) is 0 Å². The summed E-state index contributed by atoms with van der Waals surface area (Å²) in [6.45, 7) is 0. The molecule has 2 atom stereocenters. The second-order valence-electron chi connectivity index (χ2n) is 6.36. The van der Waals surface area contributed by atoms with Gasteiger partial charge in [0.25, 0.3) is 0 Å². The lowest BCUT2D eigenvalue weighted by molar-refractivity contribution is -0.154. The van der Waals surface area contributed by atoms with Gasteiger partial charge in [-0.15, -0.1) is 0 Å². The zero-order chi connectivity index (χ0) is 13.0. The van der Waals surface area contributed by atoms with Crippen molar-refractivity contribution in [1.29, 1.82) is 0 Å². The Labute approximate surface area is 110 Å². The summed E-state index contributed by atoms with van der Waals surface area (Å²) in [6, 6.07) is 0.0897. The van der Waals surface area contributed by atoms with Gasteiger partial charge in [0.1, 0.15) is 0 Å². The summed E-state index contributed by atoms with van der Waals surface area (Å²) in [7, 11) is 0. The maximum absolute atomic E-state index is 11.9. The van der Waals surface area contributed by atoms with Crippen LogP contribution in [0.2, 0.25) is 0 Å². The van der Waals surface area contributed by atoms with E-state index in [0.717, 1.165) is 38.5 Å². The SMILES string of the molecule is NC1CCCCC(C(=O)O)(C2CCCCCC2)C1. The molecule has 0 radical (unpaired) electrons. The fourth-order valence-corrected chi connectivity index (χ4v) is 4.09. The van der Waals surface area contributed by atoms with Crippen LogP contribution in [0.25, 0.3) is 0 Å². The molecule has 0 heterocycles. The van der Waals surface area contributed by atoms with E-state index in [0.29, 0.717) is 12.3 Å². The standard InChI is InChI=1S/C15H27NO2/c16-13-9-5-6-10-15(11-13,14(17)18)12-7-3-1-2-4-8-12/h12-13H,1-11,16H2,(H,17,18). The number of hydrogen-bond acceptors (Lipinski definition) is 2. The van der Waals surface area contributed by atoms with Crippen LogP contribution < -0.4 is 5.73 Å². The smallest absolute Gasteiger partial charge is 0.309 e. The van der Waals surface area contributed by atoms with E-state index in [2.05, 4.69) is 0 Å². The van der Waals surface area contributed by atoms with E-state index in [1.807, 2.05) is 0 Å². The van der Waals surface area contributed by atoms with Crippen molar-refractivity contribution in [1.82, 2.24) is 0 Å². The van der Waals surface area contributed by atoms with Crippen LogP contribution in [0.4, 0.5) is 0 Å². The van der Waals surface area contributed by atoms with Crippen molar-refractivity contribution in [2.24, 2.45) is 17.1 Å². The minimum Gasteiger partial charge on any atom is -0.481 e. The van der Waals surface area contributed by atoms with Gasteiger partial charge < -0.3 is 10.8 Å². The average Bonchev–Trinajstić information content (AvgIpc) is 2.69. The molecule has 18 heavy (non-hydrogen) atoms. The third kappa shape index (κ3) is 2.87. The topological polar surface area (TPSA) is 63.3 Å². The van der Waals surface area contributed by atoms with Crippen molar-refractivity contribution in [3.05, 3.63) is 0 Å². The molecule has 0 aliphatic heterocycles. The highest BCUT2D eigenvalue weighted by Crippen LogP contribution is 2.46. The van der Waals surface area contributed by atoms with E-state index in [1.165, 1.54) is 25.7 Å². The number of carboxylic acid groups (broad SMARTS) is 1. The molecule has 2 aliphatic carbocycles. The largest absolute Gasteiger partial charge is 0.481 e. The molecular weight excluding hydrogens is 226 g/mol. The summed E-state index contributed by atoms with van der Waals surface area (Å²) in [4.78, 5) is 11.9. The summed E-state index contributed by atoms with van der Waals surface area (Å²) in [5.41, 5.74) is 5.62. The number of nitrogens with two attached hydrogens (primary N) is 1. The van der Waals surface area contributed by atoms with Gasteiger partial charge in [-0.2, -0.15) is 0 Å². The number of carbonyl (C=O) groups is 1. The van der Waals surface area contributed by atoms with Crippen LogP contribution in [0, 0.1) is 11.3 Å². The molecule has 0 aromatic rings. The Morgan fingerprint density at radius 3 is 2.22 bits per heavy atom. The summed E-state index contributed by atoms with van der Waals surface area (Å²) in [5, 5.41) is 9.82. The molecule has 2 saturated carbocycles. The molecule has 0 bridgehead atoms. The second kappa shape index (κ2) is 6.05. The van der Waals surface area contributed by atoms with Gasteiger partial charge in [0, 0.05) is 6.04 Å². The molecule has 104 valence electrons. The lowest BCUT2D eigenvalue weighted by atomic mass is 9.66. The highest BCUT2D eigenvalue weighted by Gasteiger charge is 2.46. The van der Waals surface area contributed by atoms with E-state index in [4.69, 9.17) is 5.73 Å². The normalized spacial score (nSPS) is 35.7. The first-order valence-corrected chi connectivity index (χ1v) is 7.64. The summed E-state index contributed by atoms with van der Waals surface area (Å²) in [5.74, 6) is -0.214. The van der Waals surface area contributed by atoms with Crippen molar-refractivity contribution in [3.8, 4) is 0 Å². The van der Waals surface area contributed by atoms with Crippen LogP contribution in [0.5, 0.6) is 0 Å². The van der Waals surface area contributed by atoms with Crippen LogP contribution in [-0.2, 0) is 4.79 Å². The molecule has 0 aromatic carbocycles. The number of rotatable bonds is 2. The monoisotopic (exact) mass is 253 g/mol. The quantitative estimate of drug-likeness (QED) is 0.742. The molecule has 0 aromatic heterocycles. The van der Waals surface area contributed by atoms with Gasteiger partial charge in [0.05, 0.1) is 5.41 Å². The average molecular weight is 253 g/mol. The minimum atomic E-state index is -0.577. The fourth-order valence-electron chi connectivity index (χ4n) is 4.09. The molecule has 2 rings (SSSR count). The molecule has 0 saturated heterocycles. The zero-order valence-corrected chi connectivity index (χ0v) is 11.4. The van der Waals surface area contributed by atoms with Gasteiger partial charge >= 0.3 is 5.97 Å². The third-order valence-electron chi connectivity index (χ3n) is 5.14. The first-order valence-electron chi connectivity index (χ1n) is 7.64. The Morgan fingerprint density at radius 2 is 1.61 bits per heavy atom. The Kier molecular flexibility index (Phi) is 4.66. The molecule has 2 fully saturated rings. The molecule has 3 nitrogen and oxygen atoms in total. The molecule has 3 N–H and O–H groups in total. The van der Waals surface area contributed by atoms with Crippen molar-refractivity contribution >= 4 is 5.97 Å². The highest BCUT2D eigenvalue weighted by molar-refractivity contribution is 5.75. The summed E-state index contributed by atoms with van der Waals surface area (Å²) in [6.07, 6.45) is 11.8. The predicted molar refractivity (Wildman–Crippen MR) is 72.3 cm³/mol. The third-order valence-corrected chi connectivity index (χ3v) is 5.14. The first-order chi connectivity index (χ1) is 8.65. The van der Waals surface area contributed by atoms with Gasteiger partial charge in [-0.1, -0.05) is 38.5 Å². The van der Waals surface area contributed by atoms with Gasteiger partial charge in [-0.3, -0.25) is 4.79 Å². The number of aliphatic carboxylic acids is 1. The van der Waals surface area contributed by atoms with E-state index in [-0.39, 0.29) is 6.04 Å². The molecule has 2 aliphatic rings. The maximum Gasteiger partial charge on any atom is 0.309 e. The van der Waals surface area contributed by atoms with Crippen molar-refractivity contribution in [3.63, 3.8) is 0 Å². The Bertz CT molecular complexity index is 284. The summed E-state index contributed by atoms with van der Waals surface area (Å²) >= 11 is 0. The van der Waals surface area contributed by atoms with E-state index < -0.39 is 11.4 Å². The number of carboxylic acids is 1. The zero-order valence-electron chi connectivity index (χ0n) is 11.4. The molecule has 3 heteroatoms. The van der Waals surface area contributed by atoms with Gasteiger partial charge in [-0.25, -0.2) is 0 Å². The lowest BCUT2D eigenvalue weighted by Crippen LogP contribution is -2.42. The molecule has 0 amide bonds. The van der Waals surface area contributed by atoms with E-state index >= 15 is 0 Å². The Hall–Kier alpha value is -0.570. The lowest BCUT2D eigenvalue weighted by Gasteiger charge is -2.37. The van der Waals surface area contributed by atoms with Crippen molar-refractivity contribution < 1.29 is 9.90 Å². The molecule has 0 spiro atoms. The molecule has 2 unspecified atom stereocenters. The van der Waals surface area contributed by atoms with Gasteiger partial charge in [-0.05, 0) is 38.0 Å². The van der Waals surface area contributed by atoms with Gasteiger partial charge in [0.2, 0.25) is 0 Å². The molecular formula is C15H27NO2. The van der Waals surface area contributed by atoms with Gasteiger partial charge in [0.15, 0.2) is 0 Å². The van der Waals surface area contributed by atoms with E-state index in [9.17, 15) is 9.90 Å². The Morgan fingerprint density at radius 1 is 1.00 bits per heavy atom. The predicted octanol–water partition coefficient (Wildman–Crippen LogP) is 3.32. The fraction of sp³-hybridized carbons (Fsp3) is 0.933. The highest BCUT2D eigenvalue weighted by atomic mass is 16.4. The van der Waals surface area contributed by atoms with Crippen LogP contribution >= 0.6 is 0 Å². The Balaban J connectivity index is 2.20. The summed E-state index contributed by atoms with van der Waals surface area (Å²) < 4.78 is 0. The second-order valence-corrected chi connectivity index (χ2v) is 6.36. The van der Waals surface area contributed by atoms with E-state index in [1.54, 1.807) is 0 Å². The minimum absolute atomic E-state index is 0.0897. The van der Waals surface area contributed by atoms with Crippen LogP contribution in [0.15, 0.2) is 0 Å². The van der Waals surface area contributed by atoms with Crippen LogP contribution in [0.1, 0.15) is 70.6 Å². The first kappa shape index (κ1) is 13.9. The van der Waals surface area contributed by atoms with Crippen molar-refractivity contribution in [2.45, 2.75) is 76.7 Å².